The molecule has 3 N–H and O–H groups in total. The number of hydrogen-bond donors (Lipinski definition) is 2. The van der Waals surface area contributed by atoms with Gasteiger partial charge in [-0.25, -0.2) is 4.98 Å². The molecule has 90 valence electrons. The van der Waals surface area contributed by atoms with Crippen molar-refractivity contribution in [3.63, 3.8) is 0 Å². The summed E-state index contributed by atoms with van der Waals surface area (Å²) >= 11 is 6.03. The van der Waals surface area contributed by atoms with Gasteiger partial charge in [-0.1, -0.05) is 23.7 Å². The molecule has 0 radical (unpaired) electrons. The first kappa shape index (κ1) is 12.2. The van der Waals surface area contributed by atoms with E-state index in [1.54, 1.807) is 12.3 Å². The van der Waals surface area contributed by atoms with E-state index in [0.29, 0.717) is 22.9 Å². The van der Waals surface area contributed by atoms with E-state index in [2.05, 4.69) is 10.3 Å². The molecular formula is C13H11ClN4. The molecule has 0 unspecified atom stereocenters. The number of rotatable bonds is 3. The van der Waals surface area contributed by atoms with Crippen LogP contribution >= 0.6 is 11.6 Å². The molecule has 1 aromatic heterocycles. The van der Waals surface area contributed by atoms with E-state index in [-0.39, 0.29) is 0 Å². The maximum atomic E-state index is 8.85. The molecule has 0 atom stereocenters. The number of halogens is 1. The van der Waals surface area contributed by atoms with Crippen LogP contribution in [0.5, 0.6) is 0 Å². The molecule has 1 heterocycles. The fraction of sp³-hybridized carbons (Fsp3) is 0.0769. The standard InChI is InChI=1S/C13H11ClN4/c14-12-10(7-15)5-6-17-13(12)18-8-9-1-3-11(16)4-2-9/h1-6H,8,16H2,(H,17,18). The maximum absolute atomic E-state index is 8.85. The predicted molar refractivity (Wildman–Crippen MR) is 72.1 cm³/mol. The van der Waals surface area contributed by atoms with E-state index in [1.807, 2.05) is 30.3 Å². The Kier molecular flexibility index (Phi) is 3.66. The molecule has 0 bridgehead atoms. The Hall–Kier alpha value is -2.25. The zero-order valence-electron chi connectivity index (χ0n) is 9.52. The molecule has 0 spiro atoms. The molecule has 0 fully saturated rings. The van der Waals surface area contributed by atoms with Crippen LogP contribution in [0.3, 0.4) is 0 Å². The zero-order chi connectivity index (χ0) is 13.0. The molecule has 0 saturated carbocycles. The minimum absolute atomic E-state index is 0.343. The Labute approximate surface area is 110 Å². The Bertz CT molecular complexity index is 587. The normalized spacial score (nSPS) is 9.78. The van der Waals surface area contributed by atoms with E-state index in [9.17, 15) is 0 Å². The predicted octanol–water partition coefficient (Wildman–Crippen LogP) is 2.80. The Balaban J connectivity index is 2.11. The van der Waals surface area contributed by atoms with Crippen molar-refractivity contribution in [3.05, 3.63) is 52.7 Å². The molecule has 0 aliphatic heterocycles. The summed E-state index contributed by atoms with van der Waals surface area (Å²) in [6.45, 7) is 0.571. The van der Waals surface area contributed by atoms with Crippen molar-refractivity contribution in [2.24, 2.45) is 0 Å². The average Bonchev–Trinajstić information content (AvgIpc) is 2.39. The minimum Gasteiger partial charge on any atom is -0.399 e. The van der Waals surface area contributed by atoms with E-state index in [1.165, 1.54) is 0 Å². The molecular weight excluding hydrogens is 248 g/mol. The fourth-order valence-corrected chi connectivity index (χ4v) is 1.70. The average molecular weight is 259 g/mol. The monoisotopic (exact) mass is 258 g/mol. The number of nitrogens with two attached hydrogens (primary N) is 1. The maximum Gasteiger partial charge on any atom is 0.146 e. The van der Waals surface area contributed by atoms with Crippen LogP contribution in [0, 0.1) is 11.3 Å². The fourth-order valence-electron chi connectivity index (χ4n) is 1.47. The second kappa shape index (κ2) is 5.39. The highest BCUT2D eigenvalue weighted by molar-refractivity contribution is 6.34. The third-order valence-corrected chi connectivity index (χ3v) is 2.83. The van der Waals surface area contributed by atoms with Gasteiger partial charge in [-0.2, -0.15) is 5.26 Å². The molecule has 5 heteroatoms. The van der Waals surface area contributed by atoms with Crippen molar-refractivity contribution in [2.45, 2.75) is 6.54 Å². The van der Waals surface area contributed by atoms with Crippen LogP contribution in [0.1, 0.15) is 11.1 Å². The topological polar surface area (TPSA) is 74.7 Å². The zero-order valence-corrected chi connectivity index (χ0v) is 10.3. The summed E-state index contributed by atoms with van der Waals surface area (Å²) < 4.78 is 0. The second-order valence-electron chi connectivity index (χ2n) is 3.73. The first-order chi connectivity index (χ1) is 8.70. The summed E-state index contributed by atoms with van der Waals surface area (Å²) in [5.74, 6) is 0.507. The van der Waals surface area contributed by atoms with Crippen LogP contribution in [0.2, 0.25) is 5.02 Å². The van der Waals surface area contributed by atoms with Gasteiger partial charge in [0.15, 0.2) is 0 Å². The SMILES string of the molecule is N#Cc1ccnc(NCc2ccc(N)cc2)c1Cl. The van der Waals surface area contributed by atoms with Gasteiger partial charge in [0.2, 0.25) is 0 Å². The molecule has 0 aliphatic carbocycles. The third-order valence-electron chi connectivity index (χ3n) is 2.45. The van der Waals surface area contributed by atoms with Crippen molar-refractivity contribution >= 4 is 23.1 Å². The van der Waals surface area contributed by atoms with Gasteiger partial charge in [0.25, 0.3) is 0 Å². The van der Waals surface area contributed by atoms with Gasteiger partial charge in [-0.3, -0.25) is 0 Å². The lowest BCUT2D eigenvalue weighted by atomic mass is 10.2. The molecule has 2 rings (SSSR count). The van der Waals surface area contributed by atoms with E-state index >= 15 is 0 Å². The number of nitriles is 1. The van der Waals surface area contributed by atoms with Crippen molar-refractivity contribution in [1.82, 2.24) is 4.98 Å². The lowest BCUT2D eigenvalue weighted by Gasteiger charge is -2.08. The molecule has 1 aromatic carbocycles. The molecule has 0 aliphatic rings. The lowest BCUT2D eigenvalue weighted by molar-refractivity contribution is 1.11. The highest BCUT2D eigenvalue weighted by Gasteiger charge is 2.06. The number of nitrogen functional groups attached to an aromatic ring is 1. The van der Waals surface area contributed by atoms with Crippen LogP contribution in [0.4, 0.5) is 11.5 Å². The number of anilines is 2. The lowest BCUT2D eigenvalue weighted by Crippen LogP contribution is -2.02. The summed E-state index contributed by atoms with van der Waals surface area (Å²) in [4.78, 5) is 4.10. The van der Waals surface area contributed by atoms with Gasteiger partial charge in [-0.05, 0) is 23.8 Å². The highest BCUT2D eigenvalue weighted by atomic mass is 35.5. The third kappa shape index (κ3) is 2.70. The first-order valence-corrected chi connectivity index (χ1v) is 5.71. The summed E-state index contributed by atoms with van der Waals surface area (Å²) in [6, 6.07) is 11.1. The van der Waals surface area contributed by atoms with Crippen molar-refractivity contribution in [1.29, 1.82) is 5.26 Å². The van der Waals surface area contributed by atoms with Crippen LogP contribution < -0.4 is 11.1 Å². The van der Waals surface area contributed by atoms with E-state index < -0.39 is 0 Å². The molecule has 18 heavy (non-hydrogen) atoms. The van der Waals surface area contributed by atoms with Gasteiger partial charge < -0.3 is 11.1 Å². The Morgan fingerprint density at radius 3 is 2.67 bits per heavy atom. The van der Waals surface area contributed by atoms with Gasteiger partial charge in [-0.15, -0.1) is 0 Å². The van der Waals surface area contributed by atoms with Gasteiger partial charge in [0.05, 0.1) is 5.56 Å². The van der Waals surface area contributed by atoms with Gasteiger partial charge >= 0.3 is 0 Å². The molecule has 2 aromatic rings. The van der Waals surface area contributed by atoms with E-state index in [0.717, 1.165) is 11.3 Å². The van der Waals surface area contributed by atoms with Gasteiger partial charge in [0, 0.05) is 18.4 Å². The van der Waals surface area contributed by atoms with Crippen molar-refractivity contribution in [2.75, 3.05) is 11.1 Å². The highest BCUT2D eigenvalue weighted by Crippen LogP contribution is 2.23. The molecule has 4 nitrogen and oxygen atoms in total. The molecule has 0 amide bonds. The second-order valence-corrected chi connectivity index (χ2v) is 4.11. The quantitative estimate of drug-likeness (QED) is 0.830. The molecule has 0 saturated heterocycles. The van der Waals surface area contributed by atoms with Crippen LogP contribution in [0.15, 0.2) is 36.5 Å². The van der Waals surface area contributed by atoms with Crippen LogP contribution in [-0.4, -0.2) is 4.98 Å². The number of nitrogens with zero attached hydrogens (tertiary/aromatic N) is 2. The number of aromatic nitrogens is 1. The summed E-state index contributed by atoms with van der Waals surface area (Å²) in [5, 5.41) is 12.3. The largest absolute Gasteiger partial charge is 0.399 e. The van der Waals surface area contributed by atoms with Crippen LogP contribution in [0.25, 0.3) is 0 Å². The van der Waals surface area contributed by atoms with Crippen LogP contribution in [-0.2, 0) is 6.54 Å². The Morgan fingerprint density at radius 2 is 2.00 bits per heavy atom. The number of nitrogens with one attached hydrogen (secondary N) is 1. The van der Waals surface area contributed by atoms with Crippen molar-refractivity contribution < 1.29 is 0 Å². The minimum atomic E-state index is 0.343. The number of pyridine rings is 1. The summed E-state index contributed by atoms with van der Waals surface area (Å²) in [6.07, 6.45) is 1.55. The van der Waals surface area contributed by atoms with Crippen molar-refractivity contribution in [3.8, 4) is 6.07 Å². The smallest absolute Gasteiger partial charge is 0.146 e. The number of hydrogen-bond acceptors (Lipinski definition) is 4. The summed E-state index contributed by atoms with van der Waals surface area (Å²) in [5.41, 5.74) is 7.80. The summed E-state index contributed by atoms with van der Waals surface area (Å²) in [7, 11) is 0. The Morgan fingerprint density at radius 1 is 1.28 bits per heavy atom. The number of benzene rings is 1. The first-order valence-electron chi connectivity index (χ1n) is 5.33. The van der Waals surface area contributed by atoms with E-state index in [4.69, 9.17) is 22.6 Å². The van der Waals surface area contributed by atoms with Gasteiger partial charge in [0.1, 0.15) is 16.9 Å².